The third-order valence-electron chi connectivity index (χ3n) is 3.19. The van der Waals surface area contributed by atoms with Gasteiger partial charge < -0.3 is 10.6 Å². The molecule has 2 rings (SSSR count). The van der Waals surface area contributed by atoms with E-state index in [9.17, 15) is 14.4 Å². The highest BCUT2D eigenvalue weighted by Gasteiger charge is 2.17. The van der Waals surface area contributed by atoms with E-state index in [2.05, 4.69) is 20.6 Å². The highest BCUT2D eigenvalue weighted by atomic mass is 32.2. The summed E-state index contributed by atoms with van der Waals surface area (Å²) in [5, 5.41) is 5.51. The van der Waals surface area contributed by atoms with Crippen molar-refractivity contribution in [2.75, 3.05) is 16.4 Å². The maximum Gasteiger partial charge on any atom is 0.277 e. The molecule has 2 amide bonds. The minimum atomic E-state index is -0.510. The van der Waals surface area contributed by atoms with Crippen LogP contribution in [0.4, 0.5) is 11.5 Å². The van der Waals surface area contributed by atoms with Gasteiger partial charge in [0.2, 0.25) is 5.91 Å². The van der Waals surface area contributed by atoms with Gasteiger partial charge in [0.25, 0.3) is 11.5 Å². The Hall–Kier alpha value is -2.61. The number of carbonyl (C=O) groups excluding carboxylic acids is 2. The zero-order valence-electron chi connectivity index (χ0n) is 14.1. The lowest BCUT2D eigenvalue weighted by molar-refractivity contribution is -0.115. The second-order valence-corrected chi connectivity index (χ2v) is 6.25. The molecule has 8 heteroatoms. The summed E-state index contributed by atoms with van der Waals surface area (Å²) in [6, 6.07) is 8.50. The Morgan fingerprint density at radius 3 is 2.52 bits per heavy atom. The molecule has 0 saturated heterocycles. The molecule has 0 aliphatic carbocycles. The molecule has 1 heterocycles. The first-order valence-electron chi connectivity index (χ1n) is 7.98. The number of aromatic nitrogens is 2. The first kappa shape index (κ1) is 18.7. The third-order valence-corrected chi connectivity index (χ3v) is 4.27. The minimum Gasteiger partial charge on any atom is -0.314 e. The zero-order valence-corrected chi connectivity index (χ0v) is 14.9. The number of H-pyrrole nitrogens is 1. The molecule has 0 atom stereocenters. The molecule has 0 radical (unpaired) electrons. The summed E-state index contributed by atoms with van der Waals surface area (Å²) in [5.74, 6) is 0.0897. The summed E-state index contributed by atoms with van der Waals surface area (Å²) in [4.78, 5) is 43.3. The van der Waals surface area contributed by atoms with E-state index in [1.54, 1.807) is 37.3 Å². The lowest BCUT2D eigenvalue weighted by Gasteiger charge is -2.12. The number of rotatable bonds is 7. The molecule has 0 bridgehead atoms. The van der Waals surface area contributed by atoms with E-state index in [0.717, 1.165) is 12.2 Å². The molecule has 0 aliphatic heterocycles. The van der Waals surface area contributed by atoms with Crippen LogP contribution in [0.15, 0.2) is 40.3 Å². The lowest BCUT2D eigenvalue weighted by atomic mass is 10.2. The van der Waals surface area contributed by atoms with Crippen molar-refractivity contribution in [2.45, 2.75) is 31.8 Å². The number of nitrogens with one attached hydrogen (secondary N) is 3. The Morgan fingerprint density at radius 1 is 1.16 bits per heavy atom. The van der Waals surface area contributed by atoms with E-state index in [0.29, 0.717) is 10.7 Å². The van der Waals surface area contributed by atoms with Gasteiger partial charge >= 0.3 is 0 Å². The van der Waals surface area contributed by atoms with Gasteiger partial charge in [-0.2, -0.15) is 0 Å². The van der Waals surface area contributed by atoms with Crippen molar-refractivity contribution in [3.8, 4) is 0 Å². The van der Waals surface area contributed by atoms with E-state index < -0.39 is 11.5 Å². The fraction of sp³-hybridized carbons (Fsp3) is 0.294. The molecule has 2 aromatic rings. The Balaban J connectivity index is 2.35. The second kappa shape index (κ2) is 9.03. The van der Waals surface area contributed by atoms with E-state index in [1.165, 1.54) is 11.8 Å². The van der Waals surface area contributed by atoms with Gasteiger partial charge in [0.15, 0.2) is 16.7 Å². The second-order valence-electron chi connectivity index (χ2n) is 5.17. The number of benzene rings is 1. The average molecular weight is 360 g/mol. The molecular weight excluding hydrogens is 340 g/mol. The standard InChI is InChI=1S/C17H20N4O3S/c1-3-10-25-17-20-14(18-12(22)4-2)13(16(24)21-17)19-15(23)11-8-6-5-7-9-11/h5-9H,3-4,10H2,1-2H3,(H,19,23)(H2,18,20,21,22,24). The molecule has 1 aromatic carbocycles. The smallest absolute Gasteiger partial charge is 0.277 e. The number of thioether (sulfide) groups is 1. The van der Waals surface area contributed by atoms with Crippen molar-refractivity contribution >= 4 is 35.1 Å². The third kappa shape index (κ3) is 5.18. The summed E-state index contributed by atoms with van der Waals surface area (Å²) in [7, 11) is 0. The number of amides is 2. The summed E-state index contributed by atoms with van der Waals surface area (Å²) in [5.41, 5.74) is -0.181. The van der Waals surface area contributed by atoms with Crippen LogP contribution in [0.25, 0.3) is 0 Å². The maximum atomic E-state index is 12.4. The van der Waals surface area contributed by atoms with E-state index in [4.69, 9.17) is 0 Å². The summed E-state index contributed by atoms with van der Waals surface area (Å²) in [6.07, 6.45) is 1.15. The quantitative estimate of drug-likeness (QED) is 0.520. The normalized spacial score (nSPS) is 10.3. The van der Waals surface area contributed by atoms with Gasteiger partial charge in [0.1, 0.15) is 0 Å². The Morgan fingerprint density at radius 2 is 1.88 bits per heavy atom. The van der Waals surface area contributed by atoms with Crippen molar-refractivity contribution in [3.05, 3.63) is 46.2 Å². The van der Waals surface area contributed by atoms with Crippen LogP contribution in [0.3, 0.4) is 0 Å². The molecule has 0 spiro atoms. The minimum absolute atomic E-state index is 0.0542. The number of carbonyl (C=O) groups is 2. The number of aromatic amines is 1. The summed E-state index contributed by atoms with van der Waals surface area (Å²) >= 11 is 1.38. The molecular formula is C17H20N4O3S. The van der Waals surface area contributed by atoms with E-state index in [-0.39, 0.29) is 23.8 Å². The van der Waals surface area contributed by atoms with Crippen LogP contribution in [-0.4, -0.2) is 27.5 Å². The highest BCUT2D eigenvalue weighted by Crippen LogP contribution is 2.20. The van der Waals surface area contributed by atoms with Crippen molar-refractivity contribution < 1.29 is 9.59 Å². The molecule has 1 aromatic heterocycles. The van der Waals surface area contributed by atoms with Crippen molar-refractivity contribution in [2.24, 2.45) is 0 Å². The average Bonchev–Trinajstić information content (AvgIpc) is 2.63. The molecule has 132 valence electrons. The zero-order chi connectivity index (χ0) is 18.2. The molecule has 3 N–H and O–H groups in total. The van der Waals surface area contributed by atoms with Crippen LogP contribution < -0.4 is 16.2 Å². The SMILES string of the molecule is CCCSc1nc(NC(=O)CC)c(NC(=O)c2ccccc2)c(=O)[nH]1. The van der Waals surface area contributed by atoms with E-state index >= 15 is 0 Å². The fourth-order valence-electron chi connectivity index (χ4n) is 1.92. The van der Waals surface area contributed by atoms with Crippen molar-refractivity contribution in [1.82, 2.24) is 9.97 Å². The summed E-state index contributed by atoms with van der Waals surface area (Å²) < 4.78 is 0. The first-order chi connectivity index (χ1) is 12.0. The lowest BCUT2D eigenvalue weighted by Crippen LogP contribution is -2.25. The van der Waals surface area contributed by atoms with E-state index in [1.807, 2.05) is 6.92 Å². The largest absolute Gasteiger partial charge is 0.314 e. The molecule has 0 saturated carbocycles. The predicted octanol–water partition coefficient (Wildman–Crippen LogP) is 2.87. The van der Waals surface area contributed by atoms with Gasteiger partial charge in [-0.25, -0.2) is 4.98 Å². The molecule has 0 fully saturated rings. The van der Waals surface area contributed by atoms with Crippen LogP contribution in [0.1, 0.15) is 37.0 Å². The monoisotopic (exact) mass is 360 g/mol. The number of hydrogen-bond acceptors (Lipinski definition) is 5. The Kier molecular flexibility index (Phi) is 6.76. The van der Waals surface area contributed by atoms with Crippen LogP contribution >= 0.6 is 11.8 Å². The van der Waals surface area contributed by atoms with Gasteiger partial charge in [-0.3, -0.25) is 19.4 Å². The molecule has 0 aliphatic rings. The fourth-order valence-corrected chi connectivity index (χ4v) is 2.64. The van der Waals surface area contributed by atoms with Crippen molar-refractivity contribution in [1.29, 1.82) is 0 Å². The molecule has 0 unspecified atom stereocenters. The van der Waals surface area contributed by atoms with Gasteiger partial charge in [-0.1, -0.05) is 43.8 Å². The molecule has 25 heavy (non-hydrogen) atoms. The number of nitrogens with zero attached hydrogens (tertiary/aromatic N) is 1. The van der Waals surface area contributed by atoms with Gasteiger partial charge in [0, 0.05) is 17.7 Å². The first-order valence-corrected chi connectivity index (χ1v) is 8.97. The number of hydrogen-bond donors (Lipinski definition) is 3. The van der Waals surface area contributed by atoms with Gasteiger partial charge in [0.05, 0.1) is 0 Å². The van der Waals surface area contributed by atoms with Crippen LogP contribution in [-0.2, 0) is 4.79 Å². The summed E-state index contributed by atoms with van der Waals surface area (Å²) in [6.45, 7) is 3.71. The van der Waals surface area contributed by atoms with Crippen molar-refractivity contribution in [3.63, 3.8) is 0 Å². The van der Waals surface area contributed by atoms with Crippen LogP contribution in [0.5, 0.6) is 0 Å². The highest BCUT2D eigenvalue weighted by molar-refractivity contribution is 7.99. The number of anilines is 2. The van der Waals surface area contributed by atoms with Gasteiger partial charge in [-0.15, -0.1) is 0 Å². The van der Waals surface area contributed by atoms with Crippen LogP contribution in [0.2, 0.25) is 0 Å². The van der Waals surface area contributed by atoms with Gasteiger partial charge in [-0.05, 0) is 18.6 Å². The Labute approximate surface area is 149 Å². The molecule has 7 nitrogen and oxygen atoms in total. The van der Waals surface area contributed by atoms with Crippen LogP contribution in [0, 0.1) is 0 Å². The predicted molar refractivity (Wildman–Crippen MR) is 99.2 cm³/mol. The topological polar surface area (TPSA) is 104 Å². The Bertz CT molecular complexity index is 805. The maximum absolute atomic E-state index is 12.4.